The molecule has 0 N–H and O–H groups in total. The van der Waals surface area contributed by atoms with Crippen LogP contribution in [0.4, 0.5) is 26.3 Å². The molecule has 25 heavy (non-hydrogen) atoms. The van der Waals surface area contributed by atoms with Crippen molar-refractivity contribution in [2.24, 2.45) is 5.92 Å². The summed E-state index contributed by atoms with van der Waals surface area (Å²) >= 11 is 0. The second kappa shape index (κ2) is 8.75. The van der Waals surface area contributed by atoms with E-state index in [-0.39, 0.29) is 18.8 Å². The van der Waals surface area contributed by atoms with Gasteiger partial charge < -0.3 is 9.47 Å². The number of rotatable bonds is 8. The predicted octanol–water partition coefficient (Wildman–Crippen LogP) is 4.56. The minimum atomic E-state index is -5.74. The largest absolute Gasteiger partial charge is 0.459 e. The van der Waals surface area contributed by atoms with Gasteiger partial charge in [0.15, 0.2) is 0 Å². The molecule has 0 aromatic rings. The maximum absolute atomic E-state index is 12.3. The summed E-state index contributed by atoms with van der Waals surface area (Å²) in [5.41, 5.74) is -1.01. The molecule has 1 unspecified atom stereocenters. The molecule has 0 aliphatic heterocycles. The normalized spacial score (nSPS) is 14.4. The van der Waals surface area contributed by atoms with E-state index in [1.54, 1.807) is 13.8 Å². The lowest BCUT2D eigenvalue weighted by Gasteiger charge is -2.27. The van der Waals surface area contributed by atoms with Crippen LogP contribution in [0.5, 0.6) is 0 Å². The van der Waals surface area contributed by atoms with E-state index in [0.717, 1.165) is 0 Å². The van der Waals surface area contributed by atoms with Gasteiger partial charge in [-0.2, -0.15) is 26.3 Å². The van der Waals surface area contributed by atoms with Crippen molar-refractivity contribution in [2.45, 2.75) is 77.4 Å². The van der Waals surface area contributed by atoms with Crippen LogP contribution in [0.25, 0.3) is 0 Å². The number of carbonyl (C=O) groups is 2. The van der Waals surface area contributed by atoms with Crippen LogP contribution in [-0.4, -0.2) is 36.0 Å². The summed E-state index contributed by atoms with van der Waals surface area (Å²) in [6.07, 6.45) is -15.7. The first-order valence-electron chi connectivity index (χ1n) is 7.66. The van der Waals surface area contributed by atoms with Gasteiger partial charge >= 0.3 is 24.3 Å². The molecule has 0 heterocycles. The molecular formula is C15H22F6O4. The van der Waals surface area contributed by atoms with Crippen molar-refractivity contribution in [3.8, 4) is 0 Å². The van der Waals surface area contributed by atoms with Crippen LogP contribution < -0.4 is 0 Å². The molecule has 0 aromatic carbocycles. The van der Waals surface area contributed by atoms with Gasteiger partial charge in [-0.15, -0.1) is 0 Å². The summed E-state index contributed by atoms with van der Waals surface area (Å²) in [6.45, 7) is 6.51. The lowest BCUT2D eigenvalue weighted by atomic mass is 10.0. The highest BCUT2D eigenvalue weighted by Gasteiger charge is 2.59. The van der Waals surface area contributed by atoms with Crippen LogP contribution in [0.2, 0.25) is 0 Å². The van der Waals surface area contributed by atoms with Crippen molar-refractivity contribution in [1.82, 2.24) is 0 Å². The number of esters is 2. The molecule has 0 spiro atoms. The highest BCUT2D eigenvalue weighted by molar-refractivity contribution is 5.72. The first kappa shape index (κ1) is 23.5. The Morgan fingerprint density at radius 3 is 1.88 bits per heavy atom. The van der Waals surface area contributed by atoms with Gasteiger partial charge in [-0.05, 0) is 33.1 Å². The molecule has 10 heteroatoms. The Hall–Kier alpha value is -1.48. The monoisotopic (exact) mass is 380 g/mol. The van der Waals surface area contributed by atoms with E-state index in [2.05, 4.69) is 4.74 Å². The Morgan fingerprint density at radius 2 is 1.48 bits per heavy atom. The van der Waals surface area contributed by atoms with E-state index >= 15 is 0 Å². The lowest BCUT2D eigenvalue weighted by Crippen LogP contribution is -2.45. The number of carbonyl (C=O) groups excluding carboxylic acids is 2. The first-order chi connectivity index (χ1) is 11.1. The zero-order chi connectivity index (χ0) is 20.1. The summed E-state index contributed by atoms with van der Waals surface area (Å²) in [6, 6.07) is 0. The summed E-state index contributed by atoms with van der Waals surface area (Å²) in [7, 11) is 0. The quantitative estimate of drug-likeness (QED) is 0.458. The molecule has 0 amide bonds. The van der Waals surface area contributed by atoms with Crippen LogP contribution in [-0.2, 0) is 19.1 Å². The van der Waals surface area contributed by atoms with Crippen molar-refractivity contribution < 1.29 is 45.4 Å². The van der Waals surface area contributed by atoms with Crippen molar-refractivity contribution in [1.29, 1.82) is 0 Å². The van der Waals surface area contributed by atoms with Gasteiger partial charge in [-0.25, -0.2) is 0 Å². The van der Waals surface area contributed by atoms with Crippen LogP contribution >= 0.6 is 0 Å². The molecule has 0 radical (unpaired) electrons. The van der Waals surface area contributed by atoms with E-state index in [1.807, 2.05) is 0 Å². The zero-order valence-electron chi connectivity index (χ0n) is 14.4. The third-order valence-electron chi connectivity index (χ3n) is 3.40. The van der Waals surface area contributed by atoms with Gasteiger partial charge in [-0.1, -0.05) is 13.8 Å². The highest BCUT2D eigenvalue weighted by atomic mass is 19.4. The van der Waals surface area contributed by atoms with Gasteiger partial charge in [-0.3, -0.25) is 9.59 Å². The summed E-state index contributed by atoms with van der Waals surface area (Å²) < 4.78 is 82.5. The molecule has 4 nitrogen and oxygen atoms in total. The van der Waals surface area contributed by atoms with Crippen molar-refractivity contribution in [3.63, 3.8) is 0 Å². The number of alkyl halides is 6. The third kappa shape index (κ3) is 8.97. The van der Waals surface area contributed by atoms with Gasteiger partial charge in [0, 0.05) is 6.42 Å². The topological polar surface area (TPSA) is 52.6 Å². The Morgan fingerprint density at radius 1 is 1.00 bits per heavy atom. The zero-order valence-corrected chi connectivity index (χ0v) is 14.4. The molecular weight excluding hydrogens is 358 g/mol. The van der Waals surface area contributed by atoms with Crippen molar-refractivity contribution >= 4 is 11.9 Å². The molecule has 0 rings (SSSR count). The molecule has 0 saturated heterocycles. The minimum absolute atomic E-state index is 0.0764. The molecule has 148 valence electrons. The lowest BCUT2D eigenvalue weighted by molar-refractivity contribution is -0.313. The Labute approximate surface area is 141 Å². The Kier molecular flexibility index (Phi) is 8.23. The SMILES string of the molecule is CCC(C)C(=O)OC(C)(C)CCCC(=O)OC(C(F)(F)F)C(F)(F)F. The minimum Gasteiger partial charge on any atom is -0.459 e. The fraction of sp³-hybridized carbons (Fsp3) is 0.867. The Balaban J connectivity index is 4.53. The van der Waals surface area contributed by atoms with Gasteiger partial charge in [0.1, 0.15) is 5.60 Å². The fourth-order valence-corrected chi connectivity index (χ4v) is 1.76. The molecule has 0 fully saturated rings. The average molecular weight is 380 g/mol. The maximum Gasteiger partial charge on any atom is 0.434 e. The van der Waals surface area contributed by atoms with Crippen LogP contribution in [0.1, 0.15) is 53.4 Å². The second-order valence-electron chi connectivity index (χ2n) is 6.30. The number of hydrogen-bond acceptors (Lipinski definition) is 4. The van der Waals surface area contributed by atoms with Crippen molar-refractivity contribution in [2.75, 3.05) is 0 Å². The third-order valence-corrected chi connectivity index (χ3v) is 3.40. The predicted molar refractivity (Wildman–Crippen MR) is 75.5 cm³/mol. The molecule has 1 atom stereocenters. The molecule has 0 bridgehead atoms. The number of halogens is 6. The molecule has 0 saturated carbocycles. The summed E-state index contributed by atoms with van der Waals surface area (Å²) in [5.74, 6) is -2.43. The molecule has 0 aliphatic rings. The van der Waals surface area contributed by atoms with Crippen molar-refractivity contribution in [3.05, 3.63) is 0 Å². The fourth-order valence-electron chi connectivity index (χ4n) is 1.76. The second-order valence-corrected chi connectivity index (χ2v) is 6.30. The summed E-state index contributed by atoms with van der Waals surface area (Å²) in [4.78, 5) is 23.0. The van der Waals surface area contributed by atoms with E-state index in [0.29, 0.717) is 6.42 Å². The summed E-state index contributed by atoms with van der Waals surface area (Å²) in [5, 5.41) is 0. The van der Waals surface area contributed by atoms with Gasteiger partial charge in [0.25, 0.3) is 6.10 Å². The highest BCUT2D eigenvalue weighted by Crippen LogP contribution is 2.36. The number of hydrogen-bond donors (Lipinski definition) is 0. The molecule has 0 aromatic heterocycles. The van der Waals surface area contributed by atoms with E-state index < -0.39 is 42.4 Å². The smallest absolute Gasteiger partial charge is 0.434 e. The average Bonchev–Trinajstić information content (AvgIpc) is 2.40. The van der Waals surface area contributed by atoms with E-state index in [1.165, 1.54) is 13.8 Å². The standard InChI is InChI=1S/C15H22F6O4/c1-5-9(2)11(23)25-13(3,4)8-6-7-10(22)24-12(14(16,17)18)15(19,20)21/h9,12H,5-8H2,1-4H3. The van der Waals surface area contributed by atoms with E-state index in [9.17, 15) is 35.9 Å². The maximum atomic E-state index is 12.3. The van der Waals surface area contributed by atoms with Crippen LogP contribution in [0, 0.1) is 5.92 Å². The van der Waals surface area contributed by atoms with Gasteiger partial charge in [0.2, 0.25) is 0 Å². The molecule has 0 aliphatic carbocycles. The van der Waals surface area contributed by atoms with E-state index in [4.69, 9.17) is 4.74 Å². The van der Waals surface area contributed by atoms with Crippen LogP contribution in [0.3, 0.4) is 0 Å². The Bertz CT molecular complexity index is 442. The van der Waals surface area contributed by atoms with Crippen LogP contribution in [0.15, 0.2) is 0 Å². The number of ether oxygens (including phenoxy) is 2. The van der Waals surface area contributed by atoms with Gasteiger partial charge in [0.05, 0.1) is 5.92 Å². The first-order valence-corrected chi connectivity index (χ1v) is 7.66.